The van der Waals surface area contributed by atoms with Gasteiger partial charge in [-0.15, -0.1) is 0 Å². The summed E-state index contributed by atoms with van der Waals surface area (Å²) < 4.78 is 1.25. The van der Waals surface area contributed by atoms with Gasteiger partial charge in [0.25, 0.3) is 11.5 Å². The lowest BCUT2D eigenvalue weighted by Gasteiger charge is -2.06. The molecule has 2 heterocycles. The first-order valence-corrected chi connectivity index (χ1v) is 6.43. The van der Waals surface area contributed by atoms with E-state index in [4.69, 9.17) is 11.6 Å². The molecule has 7 heteroatoms. The predicted molar refractivity (Wildman–Crippen MR) is 78.7 cm³/mol. The molecule has 0 aliphatic rings. The Labute approximate surface area is 124 Å². The number of fused-ring (bicyclic) bond motifs is 1. The monoisotopic (exact) mass is 300 g/mol. The van der Waals surface area contributed by atoms with Gasteiger partial charge in [-0.2, -0.15) is 0 Å². The van der Waals surface area contributed by atoms with Crippen molar-refractivity contribution >= 4 is 29.0 Å². The van der Waals surface area contributed by atoms with Crippen LogP contribution in [0.4, 0.5) is 5.69 Å². The van der Waals surface area contributed by atoms with Gasteiger partial charge in [0.15, 0.2) is 0 Å². The van der Waals surface area contributed by atoms with Crippen molar-refractivity contribution in [3.63, 3.8) is 0 Å². The zero-order chi connectivity index (χ0) is 14.8. The van der Waals surface area contributed by atoms with E-state index in [-0.39, 0.29) is 17.0 Å². The molecule has 21 heavy (non-hydrogen) atoms. The molecule has 0 spiro atoms. The fourth-order valence-electron chi connectivity index (χ4n) is 1.85. The molecular formula is C14H9ClN4O2. The van der Waals surface area contributed by atoms with E-state index in [0.29, 0.717) is 5.02 Å². The number of benzene rings is 1. The van der Waals surface area contributed by atoms with Crippen molar-refractivity contribution in [2.45, 2.75) is 0 Å². The number of nitrogens with zero attached hydrogens (tertiary/aromatic N) is 3. The van der Waals surface area contributed by atoms with Gasteiger partial charge in [0.05, 0.1) is 16.8 Å². The van der Waals surface area contributed by atoms with Gasteiger partial charge in [-0.3, -0.25) is 14.0 Å². The highest BCUT2D eigenvalue weighted by Crippen LogP contribution is 2.15. The minimum absolute atomic E-state index is 0.0606. The summed E-state index contributed by atoms with van der Waals surface area (Å²) in [7, 11) is 0. The molecule has 6 nitrogen and oxygen atoms in total. The van der Waals surface area contributed by atoms with Crippen LogP contribution in [0.1, 0.15) is 10.4 Å². The fraction of sp³-hybridized carbons (Fsp3) is 0. The minimum atomic E-state index is -0.469. The van der Waals surface area contributed by atoms with Crippen LogP contribution in [-0.2, 0) is 0 Å². The van der Waals surface area contributed by atoms with Gasteiger partial charge in [-0.25, -0.2) is 9.97 Å². The first-order chi connectivity index (χ1) is 10.2. The molecule has 1 amide bonds. The number of rotatable bonds is 2. The van der Waals surface area contributed by atoms with Crippen molar-refractivity contribution in [1.29, 1.82) is 0 Å². The third-order valence-electron chi connectivity index (χ3n) is 2.85. The topological polar surface area (TPSA) is 76.4 Å². The van der Waals surface area contributed by atoms with Crippen LogP contribution in [-0.4, -0.2) is 20.3 Å². The maximum absolute atomic E-state index is 12.2. The Balaban J connectivity index is 1.99. The second kappa shape index (κ2) is 5.34. The summed E-state index contributed by atoms with van der Waals surface area (Å²) in [6.07, 6.45) is 4.34. The molecule has 0 aliphatic carbocycles. The molecule has 3 rings (SSSR count). The van der Waals surface area contributed by atoms with Gasteiger partial charge in [-0.05, 0) is 18.2 Å². The second-order valence-electron chi connectivity index (χ2n) is 4.20. The molecule has 0 aliphatic heterocycles. The van der Waals surface area contributed by atoms with E-state index in [1.165, 1.54) is 23.0 Å². The maximum atomic E-state index is 12.2. The average molecular weight is 301 g/mol. The maximum Gasteiger partial charge on any atom is 0.282 e. The van der Waals surface area contributed by atoms with Crippen LogP contribution in [0.25, 0.3) is 5.78 Å². The lowest BCUT2D eigenvalue weighted by atomic mass is 10.2. The minimum Gasteiger partial charge on any atom is -0.316 e. The van der Waals surface area contributed by atoms with Crippen LogP contribution in [0.3, 0.4) is 0 Å². The number of halogens is 1. The summed E-state index contributed by atoms with van der Waals surface area (Å²) in [6, 6.07) is 8.19. The van der Waals surface area contributed by atoms with Gasteiger partial charge in [-0.1, -0.05) is 23.7 Å². The Hall–Kier alpha value is -2.73. The van der Waals surface area contributed by atoms with Crippen molar-refractivity contribution in [3.05, 3.63) is 69.9 Å². The van der Waals surface area contributed by atoms with Crippen molar-refractivity contribution < 1.29 is 4.79 Å². The number of carbonyl (C=O) groups is 1. The van der Waals surface area contributed by atoms with Gasteiger partial charge < -0.3 is 5.32 Å². The first-order valence-electron chi connectivity index (χ1n) is 6.05. The number of aromatic nitrogens is 3. The van der Waals surface area contributed by atoms with Gasteiger partial charge in [0.2, 0.25) is 5.78 Å². The van der Waals surface area contributed by atoms with Crippen molar-refractivity contribution in [2.75, 3.05) is 5.32 Å². The molecular weight excluding hydrogens is 292 g/mol. The lowest BCUT2D eigenvalue weighted by Crippen LogP contribution is -2.23. The molecule has 2 aromatic heterocycles. The zero-order valence-corrected chi connectivity index (χ0v) is 11.4. The molecule has 0 radical (unpaired) electrons. The van der Waals surface area contributed by atoms with E-state index >= 15 is 0 Å². The van der Waals surface area contributed by atoms with Crippen LogP contribution in [0.2, 0.25) is 5.02 Å². The summed E-state index contributed by atoms with van der Waals surface area (Å²) in [5, 5.41) is 2.82. The van der Waals surface area contributed by atoms with E-state index in [1.807, 2.05) is 0 Å². The smallest absolute Gasteiger partial charge is 0.282 e. The Kier molecular flexibility index (Phi) is 3.37. The molecule has 0 saturated carbocycles. The van der Waals surface area contributed by atoms with E-state index < -0.39 is 11.5 Å². The van der Waals surface area contributed by atoms with E-state index in [1.54, 1.807) is 30.3 Å². The fourth-order valence-corrected chi connectivity index (χ4v) is 2.07. The summed E-state index contributed by atoms with van der Waals surface area (Å²) in [5.74, 6) is -0.207. The van der Waals surface area contributed by atoms with Gasteiger partial charge >= 0.3 is 0 Å². The zero-order valence-electron chi connectivity index (χ0n) is 10.7. The van der Waals surface area contributed by atoms with Crippen molar-refractivity contribution in [2.24, 2.45) is 0 Å². The lowest BCUT2D eigenvalue weighted by molar-refractivity contribution is 0.102. The largest absolute Gasteiger partial charge is 0.316 e. The summed E-state index contributed by atoms with van der Waals surface area (Å²) in [4.78, 5) is 32.3. The van der Waals surface area contributed by atoms with E-state index in [0.717, 1.165) is 0 Å². The summed E-state index contributed by atoms with van der Waals surface area (Å²) in [5.41, 5.74) is -0.0613. The SMILES string of the molecule is O=C(Nc1cnc2ncccn2c1=O)c1ccccc1Cl. The highest BCUT2D eigenvalue weighted by molar-refractivity contribution is 6.34. The molecule has 104 valence electrons. The van der Waals surface area contributed by atoms with Crippen molar-refractivity contribution in [1.82, 2.24) is 14.4 Å². The Morgan fingerprint density at radius 2 is 2.00 bits per heavy atom. The van der Waals surface area contributed by atoms with Crippen LogP contribution in [0.15, 0.2) is 53.7 Å². The van der Waals surface area contributed by atoms with Crippen LogP contribution in [0.5, 0.6) is 0 Å². The van der Waals surface area contributed by atoms with Crippen LogP contribution < -0.4 is 10.9 Å². The molecule has 0 atom stereocenters. The summed E-state index contributed by atoms with van der Waals surface area (Å²) >= 11 is 5.95. The molecule has 0 fully saturated rings. The number of anilines is 1. The number of hydrogen-bond acceptors (Lipinski definition) is 4. The quantitative estimate of drug-likeness (QED) is 0.785. The number of nitrogens with one attached hydrogen (secondary N) is 1. The number of amides is 1. The Morgan fingerprint density at radius 3 is 2.81 bits per heavy atom. The normalized spacial score (nSPS) is 10.5. The molecule has 0 bridgehead atoms. The molecule has 0 unspecified atom stereocenters. The molecule has 1 aromatic carbocycles. The summed E-state index contributed by atoms with van der Waals surface area (Å²) in [6.45, 7) is 0. The van der Waals surface area contributed by atoms with Crippen molar-refractivity contribution in [3.8, 4) is 0 Å². The van der Waals surface area contributed by atoms with E-state index in [2.05, 4.69) is 15.3 Å². The standard InChI is InChI=1S/C14H9ClN4O2/c15-10-5-2-1-4-9(10)12(20)18-11-8-17-14-16-6-3-7-19(14)13(11)21/h1-8H,(H,18,20). The van der Waals surface area contributed by atoms with Gasteiger partial charge in [0.1, 0.15) is 5.69 Å². The molecule has 0 saturated heterocycles. The Bertz CT molecular complexity index is 891. The molecule has 1 N–H and O–H groups in total. The van der Waals surface area contributed by atoms with Gasteiger partial charge in [0, 0.05) is 12.4 Å². The third-order valence-corrected chi connectivity index (χ3v) is 3.18. The second-order valence-corrected chi connectivity index (χ2v) is 4.61. The highest BCUT2D eigenvalue weighted by Gasteiger charge is 2.13. The van der Waals surface area contributed by atoms with Crippen LogP contribution >= 0.6 is 11.6 Å². The predicted octanol–water partition coefficient (Wildman–Crippen LogP) is 2.00. The van der Waals surface area contributed by atoms with Crippen LogP contribution in [0, 0.1) is 0 Å². The average Bonchev–Trinajstić information content (AvgIpc) is 2.51. The number of carbonyl (C=O) groups excluding carboxylic acids is 1. The molecule has 3 aromatic rings. The Morgan fingerprint density at radius 1 is 1.19 bits per heavy atom. The number of hydrogen-bond donors (Lipinski definition) is 1. The third kappa shape index (κ3) is 2.48. The first kappa shape index (κ1) is 13.3. The highest BCUT2D eigenvalue weighted by atomic mass is 35.5. The van der Waals surface area contributed by atoms with E-state index in [9.17, 15) is 9.59 Å².